The maximum atomic E-state index is 13.3. The summed E-state index contributed by atoms with van der Waals surface area (Å²) in [5.41, 5.74) is 1.74. The van der Waals surface area contributed by atoms with E-state index in [0.717, 1.165) is 80.9 Å². The molecule has 1 saturated heterocycles. The van der Waals surface area contributed by atoms with Crippen molar-refractivity contribution in [2.45, 2.75) is 82.7 Å². The Bertz CT molecular complexity index is 826. The summed E-state index contributed by atoms with van der Waals surface area (Å²) in [4.78, 5) is 39.3. The molecule has 4 rings (SSSR count). The fourth-order valence-corrected chi connectivity index (χ4v) is 5.65. The van der Waals surface area contributed by atoms with Crippen LogP contribution in [0.25, 0.3) is 0 Å². The monoisotopic (exact) mass is 442 g/mol. The highest BCUT2D eigenvalue weighted by Gasteiger charge is 2.37. The summed E-state index contributed by atoms with van der Waals surface area (Å²) in [7, 11) is 4.06. The molecule has 1 aliphatic carbocycles. The third kappa shape index (κ3) is 5.05. The van der Waals surface area contributed by atoms with Crippen LogP contribution in [0.5, 0.6) is 0 Å². The zero-order valence-electron chi connectivity index (χ0n) is 19.9. The Balaban J connectivity index is 1.49. The first-order chi connectivity index (χ1) is 15.4. The van der Waals surface area contributed by atoms with Crippen LogP contribution in [0.2, 0.25) is 0 Å². The molecule has 8 heteroatoms. The second-order valence-electron chi connectivity index (χ2n) is 9.95. The Morgan fingerprint density at radius 1 is 1.09 bits per heavy atom. The lowest BCUT2D eigenvalue weighted by Gasteiger charge is -2.39. The van der Waals surface area contributed by atoms with E-state index in [9.17, 15) is 9.59 Å². The molecule has 32 heavy (non-hydrogen) atoms. The molecule has 0 bridgehead atoms. The summed E-state index contributed by atoms with van der Waals surface area (Å²) in [6.07, 6.45) is 8.39. The Morgan fingerprint density at radius 2 is 1.81 bits per heavy atom. The van der Waals surface area contributed by atoms with Gasteiger partial charge in [-0.25, -0.2) is 9.97 Å². The quantitative estimate of drug-likeness (QED) is 0.728. The first-order valence-corrected chi connectivity index (χ1v) is 12.2. The molecule has 2 amide bonds. The lowest BCUT2D eigenvalue weighted by atomic mass is 9.78. The van der Waals surface area contributed by atoms with Crippen molar-refractivity contribution in [1.82, 2.24) is 25.1 Å². The molecule has 2 fully saturated rings. The second-order valence-corrected chi connectivity index (χ2v) is 9.95. The predicted molar refractivity (Wildman–Crippen MR) is 124 cm³/mol. The Labute approximate surface area is 191 Å². The molecule has 2 N–H and O–H groups in total. The molecule has 176 valence electrons. The van der Waals surface area contributed by atoms with E-state index in [2.05, 4.69) is 22.6 Å². The molecule has 2 aliphatic heterocycles. The molecule has 1 saturated carbocycles. The molecule has 1 aromatic rings. The lowest BCUT2D eigenvalue weighted by molar-refractivity contribution is -0.134. The third-order valence-electron chi connectivity index (χ3n) is 7.49. The minimum absolute atomic E-state index is 0.0454. The molecule has 1 aromatic heterocycles. The minimum Gasteiger partial charge on any atom is -0.373 e. The Hall–Kier alpha value is -2.22. The van der Waals surface area contributed by atoms with Gasteiger partial charge in [-0.15, -0.1) is 0 Å². The second kappa shape index (κ2) is 9.73. The number of hydrogen-bond acceptors (Lipinski definition) is 6. The van der Waals surface area contributed by atoms with E-state index < -0.39 is 0 Å². The van der Waals surface area contributed by atoms with Crippen molar-refractivity contribution in [3.05, 3.63) is 17.1 Å². The van der Waals surface area contributed by atoms with Crippen molar-refractivity contribution in [2.24, 2.45) is 0 Å². The van der Waals surface area contributed by atoms with Crippen LogP contribution >= 0.6 is 0 Å². The number of piperidine rings is 1. The van der Waals surface area contributed by atoms with Crippen molar-refractivity contribution >= 4 is 17.6 Å². The Morgan fingerprint density at radius 3 is 2.47 bits per heavy atom. The molecule has 0 radical (unpaired) electrons. The molecule has 0 spiro atoms. The first kappa shape index (κ1) is 23.0. The predicted octanol–water partition coefficient (Wildman–Crippen LogP) is 2.44. The van der Waals surface area contributed by atoms with E-state index in [1.807, 2.05) is 11.9 Å². The highest BCUT2D eigenvalue weighted by Crippen LogP contribution is 2.34. The number of carbonyl (C=O) groups excluding carboxylic acids is 2. The third-order valence-corrected chi connectivity index (χ3v) is 7.49. The zero-order valence-corrected chi connectivity index (χ0v) is 19.9. The lowest BCUT2D eigenvalue weighted by Crippen LogP contribution is -2.52. The molecule has 3 aliphatic rings. The standard InChI is InChI=1S/C24H38N6O2/c1-17(31)28-24(10-5-4-6-11-24)15-21(32)30-14-9-20-19(16-30)23(25-2)27-22(26-20)18-7-12-29(3)13-8-18/h18H,4-16H2,1-3H3,(H,28,31)(H,25,26,27). The van der Waals surface area contributed by atoms with Gasteiger partial charge in [0.2, 0.25) is 11.8 Å². The summed E-state index contributed by atoms with van der Waals surface area (Å²) >= 11 is 0. The van der Waals surface area contributed by atoms with E-state index in [-0.39, 0.29) is 17.4 Å². The molecule has 0 aromatic carbocycles. The van der Waals surface area contributed by atoms with E-state index in [0.29, 0.717) is 25.4 Å². The van der Waals surface area contributed by atoms with Crippen molar-refractivity contribution in [3.63, 3.8) is 0 Å². The number of rotatable bonds is 5. The van der Waals surface area contributed by atoms with Crippen LogP contribution in [0.4, 0.5) is 5.82 Å². The average Bonchev–Trinajstić information content (AvgIpc) is 2.78. The van der Waals surface area contributed by atoms with Crippen LogP contribution in [-0.4, -0.2) is 70.9 Å². The van der Waals surface area contributed by atoms with E-state index in [1.165, 1.54) is 6.42 Å². The number of carbonyl (C=O) groups is 2. The van der Waals surface area contributed by atoms with Crippen LogP contribution in [0.3, 0.4) is 0 Å². The summed E-state index contributed by atoms with van der Waals surface area (Å²) in [5.74, 6) is 2.29. The average molecular weight is 443 g/mol. The number of likely N-dealkylation sites (tertiary alicyclic amines) is 1. The van der Waals surface area contributed by atoms with E-state index in [1.54, 1.807) is 6.92 Å². The fourth-order valence-electron chi connectivity index (χ4n) is 5.65. The van der Waals surface area contributed by atoms with Gasteiger partial charge < -0.3 is 20.4 Å². The van der Waals surface area contributed by atoms with Crippen molar-refractivity contribution in [2.75, 3.05) is 39.0 Å². The first-order valence-electron chi connectivity index (χ1n) is 12.2. The SMILES string of the molecule is CNc1nc(C2CCN(C)CC2)nc2c1CN(C(=O)CC1(NC(C)=O)CCCCC1)CC2. The van der Waals surface area contributed by atoms with Gasteiger partial charge in [-0.3, -0.25) is 9.59 Å². The molecule has 0 unspecified atom stereocenters. The van der Waals surface area contributed by atoms with Gasteiger partial charge >= 0.3 is 0 Å². The summed E-state index contributed by atoms with van der Waals surface area (Å²) in [5, 5.41) is 6.39. The molecule has 3 heterocycles. The van der Waals surface area contributed by atoms with E-state index in [4.69, 9.17) is 9.97 Å². The minimum atomic E-state index is -0.387. The van der Waals surface area contributed by atoms with Gasteiger partial charge in [-0.05, 0) is 45.8 Å². The summed E-state index contributed by atoms with van der Waals surface area (Å²) in [6.45, 7) is 4.93. The number of nitrogens with one attached hydrogen (secondary N) is 2. The van der Waals surface area contributed by atoms with Gasteiger partial charge in [-0.2, -0.15) is 0 Å². The largest absolute Gasteiger partial charge is 0.373 e. The van der Waals surface area contributed by atoms with Crippen LogP contribution in [-0.2, 0) is 22.6 Å². The maximum absolute atomic E-state index is 13.3. The highest BCUT2D eigenvalue weighted by atomic mass is 16.2. The molecule has 8 nitrogen and oxygen atoms in total. The molecule has 0 atom stereocenters. The van der Waals surface area contributed by atoms with Gasteiger partial charge in [0.1, 0.15) is 11.6 Å². The topological polar surface area (TPSA) is 90.5 Å². The summed E-state index contributed by atoms with van der Waals surface area (Å²) < 4.78 is 0. The van der Waals surface area contributed by atoms with Gasteiger partial charge in [0.25, 0.3) is 0 Å². The van der Waals surface area contributed by atoms with Gasteiger partial charge in [-0.1, -0.05) is 19.3 Å². The highest BCUT2D eigenvalue weighted by molar-refractivity contribution is 5.80. The fraction of sp³-hybridized carbons (Fsp3) is 0.750. The van der Waals surface area contributed by atoms with E-state index >= 15 is 0 Å². The van der Waals surface area contributed by atoms with Gasteiger partial charge in [0.15, 0.2) is 0 Å². The zero-order chi connectivity index (χ0) is 22.7. The Kier molecular flexibility index (Phi) is 6.98. The number of hydrogen-bond donors (Lipinski definition) is 2. The number of nitrogens with zero attached hydrogens (tertiary/aromatic N) is 4. The van der Waals surface area contributed by atoms with Crippen molar-refractivity contribution < 1.29 is 9.59 Å². The van der Waals surface area contributed by atoms with Crippen LogP contribution in [0, 0.1) is 0 Å². The normalized spacial score (nSPS) is 21.7. The number of fused-ring (bicyclic) bond motifs is 1. The van der Waals surface area contributed by atoms with Gasteiger partial charge in [0.05, 0.1) is 12.2 Å². The van der Waals surface area contributed by atoms with Crippen molar-refractivity contribution in [1.29, 1.82) is 0 Å². The van der Waals surface area contributed by atoms with Crippen LogP contribution in [0.15, 0.2) is 0 Å². The molecular formula is C24H38N6O2. The summed E-state index contributed by atoms with van der Waals surface area (Å²) in [6, 6.07) is 0. The number of aromatic nitrogens is 2. The molecular weight excluding hydrogens is 404 g/mol. The smallest absolute Gasteiger partial charge is 0.225 e. The van der Waals surface area contributed by atoms with Crippen LogP contribution < -0.4 is 10.6 Å². The number of anilines is 1. The maximum Gasteiger partial charge on any atom is 0.225 e. The van der Waals surface area contributed by atoms with Crippen molar-refractivity contribution in [3.8, 4) is 0 Å². The van der Waals surface area contributed by atoms with Crippen LogP contribution in [0.1, 0.15) is 81.3 Å². The van der Waals surface area contributed by atoms with Gasteiger partial charge in [0, 0.05) is 50.4 Å². The number of amides is 2.